The molecule has 0 amide bonds. The number of benzene rings is 2. The van der Waals surface area contributed by atoms with Crippen LogP contribution in [0.5, 0.6) is 0 Å². The highest BCUT2D eigenvalue weighted by atomic mass is 32.2. The van der Waals surface area contributed by atoms with Crippen LogP contribution in [0, 0.1) is 6.92 Å². The van der Waals surface area contributed by atoms with E-state index >= 15 is 0 Å². The molecule has 148 valence electrons. The van der Waals surface area contributed by atoms with E-state index in [1.54, 1.807) is 17.8 Å². The normalized spacial score (nSPS) is 15.3. The summed E-state index contributed by atoms with van der Waals surface area (Å²) < 4.78 is 7.79. The van der Waals surface area contributed by atoms with Crippen LogP contribution < -0.4 is 5.63 Å². The number of hydrogen-bond donors (Lipinski definition) is 0. The Hall–Kier alpha value is -2.60. The minimum absolute atomic E-state index is 0.312. The van der Waals surface area contributed by atoms with Crippen molar-refractivity contribution < 1.29 is 4.42 Å². The molecule has 0 spiro atoms. The van der Waals surface area contributed by atoms with Crippen LogP contribution in [0.1, 0.15) is 49.5 Å². The van der Waals surface area contributed by atoms with Gasteiger partial charge in [-0.25, -0.2) is 4.79 Å². The third kappa shape index (κ3) is 3.46. The van der Waals surface area contributed by atoms with Crippen molar-refractivity contribution in [3.05, 3.63) is 64.3 Å². The van der Waals surface area contributed by atoms with Crippen LogP contribution in [0.15, 0.2) is 56.8 Å². The van der Waals surface area contributed by atoms with Crippen molar-refractivity contribution in [2.75, 3.05) is 0 Å². The second-order valence-corrected chi connectivity index (χ2v) is 8.67. The van der Waals surface area contributed by atoms with E-state index < -0.39 is 0 Å². The monoisotopic (exact) mass is 405 g/mol. The summed E-state index contributed by atoms with van der Waals surface area (Å²) in [5.41, 5.74) is 1.30. The quantitative estimate of drug-likeness (QED) is 0.250. The van der Waals surface area contributed by atoms with Gasteiger partial charge in [-0.15, -0.1) is 10.2 Å². The van der Waals surface area contributed by atoms with Crippen LogP contribution in [0.2, 0.25) is 0 Å². The smallest absolute Gasteiger partial charge is 0.336 e. The van der Waals surface area contributed by atoms with Crippen molar-refractivity contribution in [2.45, 2.75) is 56.0 Å². The molecule has 0 aliphatic heterocycles. The van der Waals surface area contributed by atoms with Crippen molar-refractivity contribution >= 4 is 33.5 Å². The number of hydrogen-bond acceptors (Lipinski definition) is 5. The molecule has 5 nitrogen and oxygen atoms in total. The molecule has 1 saturated carbocycles. The fraction of sp³-hybridized carbons (Fsp3) is 0.348. The standard InChI is InChI=1S/C23H23N3O2S/c1-15-24-25-23(26(15)18-8-3-2-4-9-18)29-14-17-13-21(27)28-20-12-11-16-7-5-6-10-19(16)22(17)20/h5-7,10-13,18H,2-4,8-9,14H2,1H3. The first-order chi connectivity index (χ1) is 14.2. The molecule has 2 aromatic heterocycles. The van der Waals surface area contributed by atoms with Crippen molar-refractivity contribution in [3.63, 3.8) is 0 Å². The molecule has 0 N–H and O–H groups in total. The van der Waals surface area contributed by atoms with Crippen molar-refractivity contribution in [1.82, 2.24) is 14.8 Å². The third-order valence-electron chi connectivity index (χ3n) is 5.85. The van der Waals surface area contributed by atoms with Crippen LogP contribution in [0.25, 0.3) is 21.7 Å². The first-order valence-corrected chi connectivity index (χ1v) is 11.2. The van der Waals surface area contributed by atoms with Crippen LogP contribution in [0.3, 0.4) is 0 Å². The summed E-state index contributed by atoms with van der Waals surface area (Å²) in [6, 6.07) is 14.2. The lowest BCUT2D eigenvalue weighted by atomic mass is 9.95. The molecule has 0 atom stereocenters. The molecule has 1 aliphatic carbocycles. The number of rotatable bonds is 4. The maximum Gasteiger partial charge on any atom is 0.336 e. The highest BCUT2D eigenvalue weighted by molar-refractivity contribution is 7.98. The SMILES string of the molecule is Cc1nnc(SCc2cc(=O)oc3ccc4ccccc4c23)n1C1CCCCC1. The van der Waals surface area contributed by atoms with E-state index in [2.05, 4.69) is 26.9 Å². The molecular formula is C23H23N3O2S. The Morgan fingerprint density at radius 1 is 1.10 bits per heavy atom. The molecule has 6 heteroatoms. The molecule has 29 heavy (non-hydrogen) atoms. The van der Waals surface area contributed by atoms with Crippen LogP contribution in [-0.2, 0) is 5.75 Å². The van der Waals surface area contributed by atoms with Gasteiger partial charge in [0.15, 0.2) is 5.16 Å². The van der Waals surface area contributed by atoms with E-state index in [-0.39, 0.29) is 5.63 Å². The molecule has 0 bridgehead atoms. The number of nitrogens with zero attached hydrogens (tertiary/aromatic N) is 3. The van der Waals surface area contributed by atoms with E-state index in [0.717, 1.165) is 32.7 Å². The van der Waals surface area contributed by atoms with Gasteiger partial charge in [0.2, 0.25) is 0 Å². The van der Waals surface area contributed by atoms with Crippen LogP contribution in [-0.4, -0.2) is 14.8 Å². The average Bonchev–Trinajstić information content (AvgIpc) is 3.12. The van der Waals surface area contributed by atoms with E-state index in [9.17, 15) is 4.79 Å². The van der Waals surface area contributed by atoms with E-state index in [4.69, 9.17) is 4.42 Å². The Bertz CT molecular complexity index is 1240. The highest BCUT2D eigenvalue weighted by Gasteiger charge is 2.21. The summed E-state index contributed by atoms with van der Waals surface area (Å²) in [6.07, 6.45) is 6.23. The summed E-state index contributed by atoms with van der Waals surface area (Å²) in [4.78, 5) is 12.2. The lowest BCUT2D eigenvalue weighted by Crippen LogP contribution is -2.15. The van der Waals surface area contributed by atoms with Gasteiger partial charge < -0.3 is 8.98 Å². The van der Waals surface area contributed by atoms with Crippen LogP contribution in [0.4, 0.5) is 0 Å². The van der Waals surface area contributed by atoms with E-state index in [1.807, 2.05) is 31.2 Å². The molecule has 0 saturated heterocycles. The number of fused-ring (bicyclic) bond motifs is 3. The van der Waals surface area contributed by atoms with Gasteiger partial charge in [0.05, 0.1) is 0 Å². The lowest BCUT2D eigenvalue weighted by Gasteiger charge is -2.25. The molecule has 2 aromatic carbocycles. The Morgan fingerprint density at radius 2 is 1.93 bits per heavy atom. The Morgan fingerprint density at radius 3 is 2.79 bits per heavy atom. The largest absolute Gasteiger partial charge is 0.423 e. The molecule has 2 heterocycles. The predicted octanol–water partition coefficient (Wildman–Crippen LogP) is 5.64. The van der Waals surface area contributed by atoms with Gasteiger partial charge in [-0.2, -0.15) is 0 Å². The lowest BCUT2D eigenvalue weighted by molar-refractivity contribution is 0.332. The minimum Gasteiger partial charge on any atom is -0.423 e. The second kappa shape index (κ2) is 7.67. The van der Waals surface area contributed by atoms with E-state index in [0.29, 0.717) is 17.4 Å². The minimum atomic E-state index is -0.312. The molecular weight excluding hydrogens is 382 g/mol. The third-order valence-corrected chi connectivity index (χ3v) is 6.84. The fourth-order valence-corrected chi connectivity index (χ4v) is 5.52. The maximum atomic E-state index is 12.2. The molecule has 4 aromatic rings. The van der Waals surface area contributed by atoms with Gasteiger partial charge in [-0.1, -0.05) is 61.4 Å². The summed E-state index contributed by atoms with van der Waals surface area (Å²) in [6.45, 7) is 2.03. The highest BCUT2D eigenvalue weighted by Crippen LogP contribution is 2.35. The second-order valence-electron chi connectivity index (χ2n) is 7.73. The zero-order valence-corrected chi connectivity index (χ0v) is 17.2. The number of aryl methyl sites for hydroxylation is 1. The predicted molar refractivity (Wildman–Crippen MR) is 116 cm³/mol. The van der Waals surface area contributed by atoms with E-state index in [1.165, 1.54) is 32.1 Å². The van der Waals surface area contributed by atoms with Crippen molar-refractivity contribution in [2.24, 2.45) is 0 Å². The maximum absolute atomic E-state index is 12.2. The van der Waals surface area contributed by atoms with Gasteiger partial charge in [0, 0.05) is 23.2 Å². The first-order valence-electron chi connectivity index (χ1n) is 10.2. The topological polar surface area (TPSA) is 60.9 Å². The summed E-state index contributed by atoms with van der Waals surface area (Å²) in [5.74, 6) is 1.63. The average molecular weight is 406 g/mol. The van der Waals surface area contributed by atoms with Gasteiger partial charge in [0.1, 0.15) is 11.4 Å². The van der Waals surface area contributed by atoms with Crippen molar-refractivity contribution in [1.29, 1.82) is 0 Å². The first kappa shape index (κ1) is 18.4. The summed E-state index contributed by atoms with van der Waals surface area (Å²) in [7, 11) is 0. The van der Waals surface area contributed by atoms with Crippen LogP contribution >= 0.6 is 11.8 Å². The zero-order chi connectivity index (χ0) is 19.8. The molecule has 0 unspecified atom stereocenters. The molecule has 1 aliphatic rings. The van der Waals surface area contributed by atoms with Gasteiger partial charge >= 0.3 is 5.63 Å². The van der Waals surface area contributed by atoms with Gasteiger partial charge in [-0.3, -0.25) is 0 Å². The summed E-state index contributed by atoms with van der Waals surface area (Å²) >= 11 is 1.66. The molecule has 0 radical (unpaired) electrons. The summed E-state index contributed by atoms with van der Waals surface area (Å²) in [5, 5.41) is 13.0. The van der Waals surface area contributed by atoms with Crippen molar-refractivity contribution in [3.8, 4) is 0 Å². The molecule has 1 fully saturated rings. The number of thioether (sulfide) groups is 1. The fourth-order valence-electron chi connectivity index (χ4n) is 4.48. The number of aromatic nitrogens is 3. The van der Waals surface area contributed by atoms with Gasteiger partial charge in [0.25, 0.3) is 0 Å². The molecule has 5 rings (SSSR count). The van der Waals surface area contributed by atoms with Gasteiger partial charge in [-0.05, 0) is 42.2 Å². The zero-order valence-electron chi connectivity index (χ0n) is 16.4. The Labute approximate surface area is 173 Å². The Balaban J connectivity index is 1.53. The Kier molecular flexibility index (Phi) is 4.87.